The molecule has 2 heterocycles. The summed E-state index contributed by atoms with van der Waals surface area (Å²) >= 11 is 9.15. The molecule has 0 spiro atoms. The van der Waals surface area contributed by atoms with Gasteiger partial charge >= 0.3 is 0 Å². The van der Waals surface area contributed by atoms with E-state index in [2.05, 4.69) is 36.5 Å². The van der Waals surface area contributed by atoms with Crippen molar-refractivity contribution in [2.24, 2.45) is 0 Å². The Morgan fingerprint density at radius 3 is 2.67 bits per heavy atom. The second-order valence-electron chi connectivity index (χ2n) is 4.26. The minimum atomic E-state index is 0.0602. The molecule has 0 amide bonds. The Labute approximate surface area is 120 Å². The predicted molar refractivity (Wildman–Crippen MR) is 78.8 cm³/mol. The number of nitrogens with zero attached hydrogens (tertiary/aromatic N) is 2. The second kappa shape index (κ2) is 6.10. The monoisotopic (exact) mass is 301 g/mol. The van der Waals surface area contributed by atoms with Gasteiger partial charge in [0.1, 0.15) is 20.4 Å². The highest BCUT2D eigenvalue weighted by Gasteiger charge is 2.20. The van der Waals surface area contributed by atoms with Crippen molar-refractivity contribution in [1.82, 2.24) is 15.3 Å². The van der Waals surface area contributed by atoms with Gasteiger partial charge in [0, 0.05) is 5.38 Å². The molecule has 0 aliphatic rings. The van der Waals surface area contributed by atoms with Crippen LogP contribution < -0.4 is 5.32 Å². The summed E-state index contributed by atoms with van der Waals surface area (Å²) < 4.78 is 0.716. The van der Waals surface area contributed by atoms with Gasteiger partial charge in [0.05, 0.1) is 11.9 Å². The zero-order valence-corrected chi connectivity index (χ0v) is 13.0. The molecule has 1 unspecified atom stereocenters. The standard InChI is InChI=1S/C12H16ClN3S2/c1-4-14-10(11-15-5-9(13)18-11)12-16-8(6-17-12)7(2)3/h5-7,10,14H,4H2,1-3H3. The number of nitrogens with one attached hydrogen (secondary N) is 1. The van der Waals surface area contributed by atoms with Crippen molar-refractivity contribution in [3.63, 3.8) is 0 Å². The molecule has 0 fully saturated rings. The minimum absolute atomic E-state index is 0.0602. The van der Waals surface area contributed by atoms with Crippen molar-refractivity contribution in [3.8, 4) is 0 Å². The second-order valence-corrected chi connectivity index (χ2v) is 6.84. The molecule has 3 nitrogen and oxygen atoms in total. The molecule has 0 saturated heterocycles. The molecule has 0 radical (unpaired) electrons. The van der Waals surface area contributed by atoms with Crippen LogP contribution in [0.5, 0.6) is 0 Å². The van der Waals surface area contributed by atoms with Gasteiger partial charge in [0.25, 0.3) is 0 Å². The molecule has 2 aromatic heterocycles. The normalized spacial score (nSPS) is 13.2. The van der Waals surface area contributed by atoms with Crippen LogP contribution in [0.4, 0.5) is 0 Å². The molecule has 1 atom stereocenters. The first-order valence-electron chi connectivity index (χ1n) is 5.91. The highest BCUT2D eigenvalue weighted by atomic mass is 35.5. The number of rotatable bonds is 5. The number of hydrogen-bond donors (Lipinski definition) is 1. The third-order valence-corrected chi connectivity index (χ3v) is 4.64. The van der Waals surface area contributed by atoms with Crippen LogP contribution in [0.2, 0.25) is 4.34 Å². The van der Waals surface area contributed by atoms with E-state index in [1.807, 2.05) is 0 Å². The van der Waals surface area contributed by atoms with Crippen molar-refractivity contribution in [3.05, 3.63) is 31.6 Å². The van der Waals surface area contributed by atoms with Crippen LogP contribution in [0.3, 0.4) is 0 Å². The summed E-state index contributed by atoms with van der Waals surface area (Å²) in [6, 6.07) is 0.0602. The lowest BCUT2D eigenvalue weighted by Gasteiger charge is -2.12. The van der Waals surface area contributed by atoms with Crippen molar-refractivity contribution in [2.75, 3.05) is 6.54 Å². The number of thiazole rings is 2. The fourth-order valence-corrected chi connectivity index (χ4v) is 3.72. The van der Waals surface area contributed by atoms with E-state index in [1.165, 1.54) is 11.3 Å². The van der Waals surface area contributed by atoms with Crippen LogP contribution in [0.25, 0.3) is 0 Å². The fourth-order valence-electron chi connectivity index (χ4n) is 1.58. The smallest absolute Gasteiger partial charge is 0.118 e. The van der Waals surface area contributed by atoms with Gasteiger partial charge in [-0.25, -0.2) is 9.97 Å². The van der Waals surface area contributed by atoms with E-state index in [-0.39, 0.29) is 6.04 Å². The summed E-state index contributed by atoms with van der Waals surface area (Å²) in [5.74, 6) is 0.456. The van der Waals surface area contributed by atoms with Crippen LogP contribution in [-0.2, 0) is 0 Å². The van der Waals surface area contributed by atoms with E-state index in [0.717, 1.165) is 22.3 Å². The number of halogens is 1. The molecule has 0 saturated carbocycles. The van der Waals surface area contributed by atoms with Crippen LogP contribution in [0.1, 0.15) is 48.4 Å². The first-order valence-corrected chi connectivity index (χ1v) is 7.99. The zero-order chi connectivity index (χ0) is 13.1. The molecule has 1 N–H and O–H groups in total. The van der Waals surface area contributed by atoms with Gasteiger partial charge in [-0.3, -0.25) is 0 Å². The third-order valence-electron chi connectivity index (χ3n) is 2.53. The van der Waals surface area contributed by atoms with E-state index in [9.17, 15) is 0 Å². The average Bonchev–Trinajstić information content (AvgIpc) is 2.94. The van der Waals surface area contributed by atoms with Gasteiger partial charge in [-0.1, -0.05) is 32.4 Å². The van der Waals surface area contributed by atoms with Crippen molar-refractivity contribution < 1.29 is 0 Å². The minimum Gasteiger partial charge on any atom is -0.303 e. The van der Waals surface area contributed by atoms with Gasteiger partial charge in [-0.05, 0) is 12.5 Å². The van der Waals surface area contributed by atoms with E-state index < -0.39 is 0 Å². The summed E-state index contributed by atoms with van der Waals surface area (Å²) in [4.78, 5) is 9.05. The van der Waals surface area contributed by atoms with E-state index in [0.29, 0.717) is 10.3 Å². The highest BCUT2D eigenvalue weighted by molar-refractivity contribution is 7.16. The summed E-state index contributed by atoms with van der Waals surface area (Å²) in [5.41, 5.74) is 1.14. The maximum absolute atomic E-state index is 5.96. The molecule has 98 valence electrons. The summed E-state index contributed by atoms with van der Waals surface area (Å²) in [6.07, 6.45) is 1.70. The van der Waals surface area contributed by atoms with E-state index in [1.54, 1.807) is 17.5 Å². The fraction of sp³-hybridized carbons (Fsp3) is 0.500. The van der Waals surface area contributed by atoms with Gasteiger partial charge in [-0.2, -0.15) is 0 Å². The van der Waals surface area contributed by atoms with Crippen molar-refractivity contribution in [1.29, 1.82) is 0 Å². The van der Waals surface area contributed by atoms with Crippen LogP contribution in [-0.4, -0.2) is 16.5 Å². The molecule has 0 aliphatic carbocycles. The third kappa shape index (κ3) is 3.09. The predicted octanol–water partition coefficient (Wildman–Crippen LogP) is 4.08. The lowest BCUT2D eigenvalue weighted by atomic mass is 10.2. The summed E-state index contributed by atoms with van der Waals surface area (Å²) in [5, 5.41) is 7.58. The molecule has 2 aromatic rings. The molecule has 2 rings (SSSR count). The zero-order valence-electron chi connectivity index (χ0n) is 10.6. The first kappa shape index (κ1) is 13.9. The Hall–Kier alpha value is -0.490. The van der Waals surface area contributed by atoms with Crippen LogP contribution in [0, 0.1) is 0 Å². The van der Waals surface area contributed by atoms with Crippen molar-refractivity contribution >= 4 is 34.3 Å². The molecule has 0 aromatic carbocycles. The van der Waals surface area contributed by atoms with Gasteiger partial charge < -0.3 is 5.32 Å². The van der Waals surface area contributed by atoms with Crippen LogP contribution in [0.15, 0.2) is 11.6 Å². The van der Waals surface area contributed by atoms with Gasteiger partial charge in [0.2, 0.25) is 0 Å². The molecular formula is C12H16ClN3S2. The number of aromatic nitrogens is 2. The van der Waals surface area contributed by atoms with Crippen LogP contribution >= 0.6 is 34.3 Å². The summed E-state index contributed by atoms with van der Waals surface area (Å²) in [6.45, 7) is 7.26. The highest BCUT2D eigenvalue weighted by Crippen LogP contribution is 2.31. The maximum Gasteiger partial charge on any atom is 0.118 e. The molecule has 18 heavy (non-hydrogen) atoms. The van der Waals surface area contributed by atoms with Crippen molar-refractivity contribution in [2.45, 2.75) is 32.7 Å². The Morgan fingerprint density at radius 1 is 1.39 bits per heavy atom. The lowest BCUT2D eigenvalue weighted by Crippen LogP contribution is -2.21. The SMILES string of the molecule is CCNC(c1nc(C(C)C)cs1)c1ncc(Cl)s1. The Balaban J connectivity index is 2.29. The topological polar surface area (TPSA) is 37.8 Å². The largest absolute Gasteiger partial charge is 0.303 e. The van der Waals surface area contributed by atoms with Gasteiger partial charge in [-0.15, -0.1) is 22.7 Å². The Bertz CT molecular complexity index is 507. The molecular weight excluding hydrogens is 286 g/mol. The van der Waals surface area contributed by atoms with E-state index >= 15 is 0 Å². The average molecular weight is 302 g/mol. The molecule has 0 aliphatic heterocycles. The van der Waals surface area contributed by atoms with E-state index in [4.69, 9.17) is 16.6 Å². The Kier molecular flexibility index (Phi) is 4.72. The summed E-state index contributed by atoms with van der Waals surface area (Å²) in [7, 11) is 0. The quantitative estimate of drug-likeness (QED) is 0.904. The first-order chi connectivity index (χ1) is 8.61. The number of hydrogen-bond acceptors (Lipinski definition) is 5. The van der Waals surface area contributed by atoms with Gasteiger partial charge in [0.15, 0.2) is 0 Å². The maximum atomic E-state index is 5.96. The molecule has 0 bridgehead atoms. The molecule has 6 heteroatoms. The lowest BCUT2D eigenvalue weighted by molar-refractivity contribution is 0.620. The Morgan fingerprint density at radius 2 is 2.17 bits per heavy atom.